The molecule has 76 valence electrons. The van der Waals surface area contributed by atoms with E-state index in [1.165, 1.54) is 0 Å². The van der Waals surface area contributed by atoms with Crippen LogP contribution in [0.3, 0.4) is 0 Å². The predicted octanol–water partition coefficient (Wildman–Crippen LogP) is 1.96. The van der Waals surface area contributed by atoms with Gasteiger partial charge in [-0.3, -0.25) is 0 Å². The minimum absolute atomic E-state index is 0.229. The SMILES string of the molecule is Nc1ncc(-c2cccc(Cl)c2)nc1N. The number of hydrogen-bond donors (Lipinski definition) is 2. The molecule has 4 N–H and O–H groups in total. The molecule has 2 rings (SSSR count). The first-order valence-corrected chi connectivity index (χ1v) is 4.68. The van der Waals surface area contributed by atoms with Crippen molar-refractivity contribution in [1.29, 1.82) is 0 Å². The van der Waals surface area contributed by atoms with Crippen LogP contribution in [0.2, 0.25) is 5.02 Å². The number of aromatic nitrogens is 2. The van der Waals surface area contributed by atoms with Crippen molar-refractivity contribution in [3.8, 4) is 11.3 Å². The van der Waals surface area contributed by atoms with Crippen LogP contribution in [0.15, 0.2) is 30.5 Å². The Kier molecular flexibility index (Phi) is 2.43. The van der Waals surface area contributed by atoms with E-state index in [2.05, 4.69) is 9.97 Å². The van der Waals surface area contributed by atoms with E-state index >= 15 is 0 Å². The summed E-state index contributed by atoms with van der Waals surface area (Å²) in [6, 6.07) is 7.30. The lowest BCUT2D eigenvalue weighted by atomic mass is 10.2. The molecule has 0 spiro atoms. The van der Waals surface area contributed by atoms with Crippen molar-refractivity contribution in [1.82, 2.24) is 9.97 Å². The molecule has 1 heterocycles. The maximum Gasteiger partial charge on any atom is 0.166 e. The standard InChI is InChI=1S/C10H9ClN4/c11-7-3-1-2-6(4-7)8-5-14-9(12)10(13)15-8/h1-5H,(H2,12,14)(H2,13,15). The lowest BCUT2D eigenvalue weighted by Gasteiger charge is -2.03. The fraction of sp³-hybridized carbons (Fsp3) is 0. The number of nitrogen functional groups attached to an aromatic ring is 2. The molecule has 1 aromatic carbocycles. The van der Waals surface area contributed by atoms with Crippen molar-refractivity contribution in [2.75, 3.05) is 11.5 Å². The highest BCUT2D eigenvalue weighted by atomic mass is 35.5. The zero-order valence-electron chi connectivity index (χ0n) is 7.81. The van der Waals surface area contributed by atoms with Crippen LogP contribution < -0.4 is 11.5 Å². The first-order valence-electron chi connectivity index (χ1n) is 4.31. The molecule has 0 amide bonds. The lowest BCUT2D eigenvalue weighted by molar-refractivity contribution is 1.22. The molecule has 0 bridgehead atoms. The maximum absolute atomic E-state index is 5.86. The van der Waals surface area contributed by atoms with E-state index in [0.717, 1.165) is 5.56 Å². The maximum atomic E-state index is 5.86. The van der Waals surface area contributed by atoms with Gasteiger partial charge in [0.2, 0.25) is 0 Å². The van der Waals surface area contributed by atoms with E-state index in [1.807, 2.05) is 12.1 Å². The van der Waals surface area contributed by atoms with Crippen LogP contribution >= 0.6 is 11.6 Å². The van der Waals surface area contributed by atoms with Gasteiger partial charge in [0.05, 0.1) is 11.9 Å². The lowest BCUT2D eigenvalue weighted by Crippen LogP contribution is -2.01. The minimum Gasteiger partial charge on any atom is -0.381 e. The van der Waals surface area contributed by atoms with Crippen molar-refractivity contribution in [3.05, 3.63) is 35.5 Å². The molecule has 0 saturated carbocycles. The summed E-state index contributed by atoms with van der Waals surface area (Å²) in [7, 11) is 0. The van der Waals surface area contributed by atoms with Gasteiger partial charge >= 0.3 is 0 Å². The van der Waals surface area contributed by atoms with E-state index in [-0.39, 0.29) is 11.6 Å². The molecule has 0 unspecified atom stereocenters. The number of nitrogens with two attached hydrogens (primary N) is 2. The van der Waals surface area contributed by atoms with Gasteiger partial charge in [-0.05, 0) is 12.1 Å². The summed E-state index contributed by atoms with van der Waals surface area (Å²) >= 11 is 5.86. The molecule has 0 saturated heterocycles. The summed E-state index contributed by atoms with van der Waals surface area (Å²) in [5, 5.41) is 0.643. The van der Waals surface area contributed by atoms with Crippen LogP contribution in [-0.2, 0) is 0 Å². The average molecular weight is 221 g/mol. The molecule has 0 aliphatic heterocycles. The first kappa shape index (κ1) is 9.73. The van der Waals surface area contributed by atoms with Crippen molar-refractivity contribution in [2.45, 2.75) is 0 Å². The fourth-order valence-corrected chi connectivity index (χ4v) is 1.39. The Hall–Kier alpha value is -1.81. The Morgan fingerprint density at radius 1 is 1.13 bits per heavy atom. The van der Waals surface area contributed by atoms with Gasteiger partial charge in [0, 0.05) is 10.6 Å². The molecular formula is C10H9ClN4. The quantitative estimate of drug-likeness (QED) is 0.770. The largest absolute Gasteiger partial charge is 0.381 e. The molecule has 0 aliphatic carbocycles. The zero-order chi connectivity index (χ0) is 10.8. The topological polar surface area (TPSA) is 77.8 Å². The van der Waals surface area contributed by atoms with Gasteiger partial charge in [-0.2, -0.15) is 0 Å². The van der Waals surface area contributed by atoms with Crippen LogP contribution in [0.25, 0.3) is 11.3 Å². The van der Waals surface area contributed by atoms with Crippen LogP contribution in [0.4, 0.5) is 11.6 Å². The molecule has 0 atom stereocenters. The molecule has 1 aromatic heterocycles. The van der Waals surface area contributed by atoms with Gasteiger partial charge in [-0.15, -0.1) is 0 Å². The Labute approximate surface area is 91.9 Å². The third-order valence-corrected chi connectivity index (χ3v) is 2.18. The van der Waals surface area contributed by atoms with Crippen LogP contribution in [0.5, 0.6) is 0 Å². The Morgan fingerprint density at radius 3 is 2.60 bits per heavy atom. The normalized spacial score (nSPS) is 10.2. The number of halogens is 1. The van der Waals surface area contributed by atoms with E-state index in [0.29, 0.717) is 10.7 Å². The van der Waals surface area contributed by atoms with Gasteiger partial charge < -0.3 is 11.5 Å². The highest BCUT2D eigenvalue weighted by molar-refractivity contribution is 6.30. The monoisotopic (exact) mass is 220 g/mol. The van der Waals surface area contributed by atoms with Gasteiger partial charge in [0.25, 0.3) is 0 Å². The van der Waals surface area contributed by atoms with E-state index in [9.17, 15) is 0 Å². The Balaban J connectivity index is 2.50. The number of rotatable bonds is 1. The molecule has 2 aromatic rings. The summed E-state index contributed by atoms with van der Waals surface area (Å²) < 4.78 is 0. The summed E-state index contributed by atoms with van der Waals surface area (Å²) in [4.78, 5) is 8.05. The average Bonchev–Trinajstić information content (AvgIpc) is 2.22. The fourth-order valence-electron chi connectivity index (χ4n) is 1.20. The molecule has 15 heavy (non-hydrogen) atoms. The minimum atomic E-state index is 0.229. The molecule has 0 fully saturated rings. The summed E-state index contributed by atoms with van der Waals surface area (Å²) in [5.74, 6) is 0.466. The van der Waals surface area contributed by atoms with Gasteiger partial charge in [0.15, 0.2) is 11.6 Å². The Bertz CT molecular complexity index is 499. The highest BCUT2D eigenvalue weighted by Gasteiger charge is 2.03. The second-order valence-corrected chi connectivity index (χ2v) is 3.47. The molecule has 0 aliphatic rings. The van der Waals surface area contributed by atoms with E-state index in [1.54, 1.807) is 18.3 Å². The van der Waals surface area contributed by atoms with Gasteiger partial charge in [-0.25, -0.2) is 9.97 Å². The molecule has 4 nitrogen and oxygen atoms in total. The van der Waals surface area contributed by atoms with Crippen LogP contribution in [0, 0.1) is 0 Å². The number of hydrogen-bond acceptors (Lipinski definition) is 4. The summed E-state index contributed by atoms with van der Waals surface area (Å²) in [6.07, 6.45) is 1.57. The second kappa shape index (κ2) is 3.74. The van der Waals surface area contributed by atoms with E-state index in [4.69, 9.17) is 23.1 Å². The molecule has 0 radical (unpaired) electrons. The van der Waals surface area contributed by atoms with Gasteiger partial charge in [0.1, 0.15) is 0 Å². The molecule has 5 heteroatoms. The summed E-state index contributed by atoms with van der Waals surface area (Å²) in [6.45, 7) is 0. The second-order valence-electron chi connectivity index (χ2n) is 3.04. The number of anilines is 2. The van der Waals surface area contributed by atoms with E-state index < -0.39 is 0 Å². The third-order valence-electron chi connectivity index (χ3n) is 1.95. The predicted molar refractivity (Wildman–Crippen MR) is 61.3 cm³/mol. The van der Waals surface area contributed by atoms with Crippen molar-refractivity contribution in [2.24, 2.45) is 0 Å². The number of benzene rings is 1. The number of nitrogens with zero attached hydrogens (tertiary/aromatic N) is 2. The molecular weight excluding hydrogens is 212 g/mol. The van der Waals surface area contributed by atoms with Crippen molar-refractivity contribution >= 4 is 23.2 Å². The highest BCUT2D eigenvalue weighted by Crippen LogP contribution is 2.22. The smallest absolute Gasteiger partial charge is 0.166 e. The zero-order valence-corrected chi connectivity index (χ0v) is 8.57. The third kappa shape index (κ3) is 1.99. The van der Waals surface area contributed by atoms with Crippen LogP contribution in [0.1, 0.15) is 0 Å². The summed E-state index contributed by atoms with van der Waals surface area (Å²) in [5.41, 5.74) is 12.6. The van der Waals surface area contributed by atoms with Crippen molar-refractivity contribution < 1.29 is 0 Å². The van der Waals surface area contributed by atoms with Crippen LogP contribution in [-0.4, -0.2) is 9.97 Å². The van der Waals surface area contributed by atoms with Crippen molar-refractivity contribution in [3.63, 3.8) is 0 Å². The first-order chi connectivity index (χ1) is 7.16. The van der Waals surface area contributed by atoms with Gasteiger partial charge in [-0.1, -0.05) is 23.7 Å². The Morgan fingerprint density at radius 2 is 1.93 bits per heavy atom.